The van der Waals surface area contributed by atoms with Crippen molar-refractivity contribution in [2.24, 2.45) is 11.5 Å². The van der Waals surface area contributed by atoms with E-state index in [1.807, 2.05) is 30.5 Å². The van der Waals surface area contributed by atoms with Crippen LogP contribution in [0.4, 0.5) is 0 Å². The highest BCUT2D eigenvalue weighted by molar-refractivity contribution is 5.87. The van der Waals surface area contributed by atoms with E-state index in [2.05, 4.69) is 16.9 Å². The lowest BCUT2D eigenvalue weighted by molar-refractivity contribution is 0.488. The van der Waals surface area contributed by atoms with Crippen molar-refractivity contribution in [3.05, 3.63) is 54.7 Å². The van der Waals surface area contributed by atoms with Gasteiger partial charge in [0.05, 0.1) is 17.4 Å². The molecule has 0 amide bonds. The monoisotopic (exact) mass is 321 g/mol. The minimum absolute atomic E-state index is 0.110. The van der Waals surface area contributed by atoms with E-state index in [1.54, 1.807) is 18.6 Å². The standard InChI is InChI=1S/C19H23N5/c1-2-3-4-16(20)18(21)19-15-7-10-23-12-14(15)11-17(24-19)13-5-8-22-9-6-13/h5-12,16,18H,2-4,20-21H2,1H3. The normalized spacial score (nSPS) is 13.8. The third-order valence-corrected chi connectivity index (χ3v) is 4.31. The molecule has 3 heterocycles. The van der Waals surface area contributed by atoms with Crippen molar-refractivity contribution >= 4 is 10.8 Å². The first-order valence-electron chi connectivity index (χ1n) is 8.37. The van der Waals surface area contributed by atoms with Gasteiger partial charge in [-0.1, -0.05) is 19.8 Å². The van der Waals surface area contributed by atoms with E-state index in [0.29, 0.717) is 0 Å². The second-order valence-corrected chi connectivity index (χ2v) is 6.06. The highest BCUT2D eigenvalue weighted by Crippen LogP contribution is 2.28. The summed E-state index contributed by atoms with van der Waals surface area (Å²) in [6, 6.07) is 7.46. The summed E-state index contributed by atoms with van der Waals surface area (Å²) < 4.78 is 0. The van der Waals surface area contributed by atoms with Crippen LogP contribution in [0, 0.1) is 0 Å². The van der Waals surface area contributed by atoms with Crippen LogP contribution in [0.15, 0.2) is 49.1 Å². The molecule has 3 aromatic heterocycles. The quantitative estimate of drug-likeness (QED) is 0.727. The van der Waals surface area contributed by atoms with Gasteiger partial charge in [-0.25, -0.2) is 0 Å². The number of nitrogens with two attached hydrogens (primary N) is 2. The Morgan fingerprint density at radius 2 is 1.79 bits per heavy atom. The van der Waals surface area contributed by atoms with E-state index < -0.39 is 0 Å². The van der Waals surface area contributed by atoms with E-state index in [4.69, 9.17) is 16.5 Å². The molecule has 4 N–H and O–H groups in total. The smallest absolute Gasteiger partial charge is 0.0714 e. The van der Waals surface area contributed by atoms with Crippen molar-refractivity contribution in [2.45, 2.75) is 38.3 Å². The molecule has 0 bridgehead atoms. The van der Waals surface area contributed by atoms with Crippen molar-refractivity contribution in [3.8, 4) is 11.3 Å². The van der Waals surface area contributed by atoms with Gasteiger partial charge in [0.15, 0.2) is 0 Å². The Bertz CT molecular complexity index is 803. The minimum Gasteiger partial charge on any atom is -0.326 e. The summed E-state index contributed by atoms with van der Waals surface area (Å²) in [6.45, 7) is 2.15. The molecule has 0 aromatic carbocycles. The Morgan fingerprint density at radius 1 is 1.04 bits per heavy atom. The summed E-state index contributed by atoms with van der Waals surface area (Å²) in [7, 11) is 0. The van der Waals surface area contributed by atoms with Gasteiger partial charge in [-0.15, -0.1) is 0 Å². The Labute approximate surface area is 142 Å². The third kappa shape index (κ3) is 3.42. The molecule has 0 spiro atoms. The van der Waals surface area contributed by atoms with Crippen LogP contribution in [0.25, 0.3) is 22.0 Å². The molecule has 0 fully saturated rings. The van der Waals surface area contributed by atoms with Gasteiger partial charge in [0, 0.05) is 47.2 Å². The molecule has 0 aliphatic heterocycles. The Morgan fingerprint density at radius 3 is 2.54 bits per heavy atom. The molecule has 2 unspecified atom stereocenters. The summed E-state index contributed by atoms with van der Waals surface area (Å²) in [5.74, 6) is 0. The van der Waals surface area contributed by atoms with Gasteiger partial charge in [-0.3, -0.25) is 15.0 Å². The molecule has 3 aromatic rings. The van der Waals surface area contributed by atoms with Crippen molar-refractivity contribution in [1.82, 2.24) is 15.0 Å². The summed E-state index contributed by atoms with van der Waals surface area (Å²) in [4.78, 5) is 13.1. The molecule has 124 valence electrons. The molecule has 0 saturated heterocycles. The number of pyridine rings is 3. The number of nitrogens with zero attached hydrogens (tertiary/aromatic N) is 3. The Balaban J connectivity index is 2.08. The summed E-state index contributed by atoms with van der Waals surface area (Å²) in [5, 5.41) is 2.04. The van der Waals surface area contributed by atoms with Crippen molar-refractivity contribution < 1.29 is 0 Å². The number of unbranched alkanes of at least 4 members (excludes halogenated alkanes) is 1. The van der Waals surface area contributed by atoms with E-state index in [9.17, 15) is 0 Å². The Kier molecular flexibility index (Phi) is 5.13. The largest absolute Gasteiger partial charge is 0.326 e. The van der Waals surface area contributed by atoms with Gasteiger partial charge in [-0.05, 0) is 30.7 Å². The van der Waals surface area contributed by atoms with Crippen LogP contribution in [0.1, 0.15) is 37.9 Å². The molecule has 0 aliphatic carbocycles. The summed E-state index contributed by atoms with van der Waals surface area (Å²) in [6.07, 6.45) is 10.2. The first-order valence-corrected chi connectivity index (χ1v) is 8.37. The molecule has 24 heavy (non-hydrogen) atoms. The molecular weight excluding hydrogens is 298 g/mol. The summed E-state index contributed by atoms with van der Waals surface area (Å²) in [5.41, 5.74) is 15.5. The zero-order valence-corrected chi connectivity index (χ0v) is 13.9. The van der Waals surface area contributed by atoms with Crippen molar-refractivity contribution in [2.75, 3.05) is 0 Å². The third-order valence-electron chi connectivity index (χ3n) is 4.31. The zero-order chi connectivity index (χ0) is 16.9. The highest BCUT2D eigenvalue weighted by atomic mass is 14.9. The number of hydrogen-bond donors (Lipinski definition) is 2. The fourth-order valence-corrected chi connectivity index (χ4v) is 2.87. The second kappa shape index (κ2) is 7.47. The maximum atomic E-state index is 6.47. The lowest BCUT2D eigenvalue weighted by atomic mass is 9.96. The van der Waals surface area contributed by atoms with Crippen LogP contribution in [0.5, 0.6) is 0 Å². The number of fused-ring (bicyclic) bond motifs is 1. The molecule has 0 saturated carbocycles. The molecular formula is C19H23N5. The van der Waals surface area contributed by atoms with E-state index >= 15 is 0 Å². The second-order valence-electron chi connectivity index (χ2n) is 6.06. The first-order chi connectivity index (χ1) is 11.7. The lowest BCUT2D eigenvalue weighted by Gasteiger charge is -2.21. The maximum Gasteiger partial charge on any atom is 0.0714 e. The number of hydrogen-bond acceptors (Lipinski definition) is 5. The lowest BCUT2D eigenvalue weighted by Crippen LogP contribution is -2.34. The van der Waals surface area contributed by atoms with E-state index in [0.717, 1.165) is 47.0 Å². The zero-order valence-electron chi connectivity index (χ0n) is 13.9. The molecule has 3 rings (SSSR count). The molecule has 0 radical (unpaired) electrons. The van der Waals surface area contributed by atoms with Crippen LogP contribution in [-0.4, -0.2) is 21.0 Å². The van der Waals surface area contributed by atoms with Crippen molar-refractivity contribution in [1.29, 1.82) is 0 Å². The first kappa shape index (κ1) is 16.5. The van der Waals surface area contributed by atoms with Gasteiger partial charge in [-0.2, -0.15) is 0 Å². The molecule has 5 heteroatoms. The van der Waals surface area contributed by atoms with Gasteiger partial charge < -0.3 is 11.5 Å². The maximum absolute atomic E-state index is 6.47. The highest BCUT2D eigenvalue weighted by Gasteiger charge is 2.20. The topological polar surface area (TPSA) is 90.7 Å². The van der Waals surface area contributed by atoms with Crippen LogP contribution in [0.3, 0.4) is 0 Å². The fourth-order valence-electron chi connectivity index (χ4n) is 2.87. The predicted molar refractivity (Wildman–Crippen MR) is 97.2 cm³/mol. The average molecular weight is 321 g/mol. The Hall–Kier alpha value is -2.37. The van der Waals surface area contributed by atoms with E-state index in [-0.39, 0.29) is 12.1 Å². The van der Waals surface area contributed by atoms with E-state index in [1.165, 1.54) is 0 Å². The van der Waals surface area contributed by atoms with Crippen LogP contribution >= 0.6 is 0 Å². The molecule has 2 atom stereocenters. The van der Waals surface area contributed by atoms with Gasteiger partial charge >= 0.3 is 0 Å². The number of rotatable bonds is 6. The summed E-state index contributed by atoms with van der Waals surface area (Å²) >= 11 is 0. The predicted octanol–water partition coefficient (Wildman–Crippen LogP) is 3.21. The molecule has 5 nitrogen and oxygen atoms in total. The van der Waals surface area contributed by atoms with Gasteiger partial charge in [0.1, 0.15) is 0 Å². The fraction of sp³-hybridized carbons (Fsp3) is 0.316. The number of aromatic nitrogens is 3. The SMILES string of the molecule is CCCCC(N)C(N)c1nc(-c2ccncc2)cc2cnccc12. The average Bonchev–Trinajstić information content (AvgIpc) is 2.65. The molecule has 0 aliphatic rings. The van der Waals surface area contributed by atoms with Crippen LogP contribution in [-0.2, 0) is 0 Å². The van der Waals surface area contributed by atoms with Crippen LogP contribution in [0.2, 0.25) is 0 Å². The van der Waals surface area contributed by atoms with Crippen molar-refractivity contribution in [3.63, 3.8) is 0 Å². The van der Waals surface area contributed by atoms with Gasteiger partial charge in [0.25, 0.3) is 0 Å². The minimum atomic E-state index is -0.303. The van der Waals surface area contributed by atoms with Gasteiger partial charge in [0.2, 0.25) is 0 Å². The van der Waals surface area contributed by atoms with Crippen LogP contribution < -0.4 is 11.5 Å².